The van der Waals surface area contributed by atoms with Crippen molar-refractivity contribution in [3.05, 3.63) is 30.1 Å². The third-order valence-electron chi connectivity index (χ3n) is 6.33. The Morgan fingerprint density at radius 1 is 1.16 bits per heavy atom. The van der Waals surface area contributed by atoms with E-state index in [1.54, 1.807) is 0 Å². The van der Waals surface area contributed by atoms with E-state index in [0.29, 0.717) is 12.5 Å². The summed E-state index contributed by atoms with van der Waals surface area (Å²) in [5, 5.41) is 3.39. The van der Waals surface area contributed by atoms with Gasteiger partial charge in [0.25, 0.3) is 0 Å². The number of nitrogens with zero attached hydrogens (tertiary/aromatic N) is 2. The monoisotopic (exact) mass is 343 g/mol. The number of hydrogen-bond donors (Lipinski definition) is 1. The van der Waals surface area contributed by atoms with Crippen molar-refractivity contribution >= 4 is 5.91 Å². The van der Waals surface area contributed by atoms with Gasteiger partial charge in [-0.25, -0.2) is 0 Å². The van der Waals surface area contributed by atoms with Crippen LogP contribution in [-0.2, 0) is 16.0 Å². The quantitative estimate of drug-likeness (QED) is 0.890. The van der Waals surface area contributed by atoms with Gasteiger partial charge in [-0.1, -0.05) is 12.8 Å². The van der Waals surface area contributed by atoms with E-state index in [4.69, 9.17) is 4.74 Å². The molecule has 0 aromatic carbocycles. The molecule has 5 heteroatoms. The normalized spacial score (nSPS) is 29.1. The molecule has 4 rings (SSSR count). The topological polar surface area (TPSA) is 54.5 Å². The maximum absolute atomic E-state index is 13.3. The Bertz CT molecular complexity index is 580. The molecule has 1 amide bonds. The van der Waals surface area contributed by atoms with Crippen molar-refractivity contribution in [3.8, 4) is 0 Å². The molecule has 1 aromatic heterocycles. The van der Waals surface area contributed by atoms with Crippen LogP contribution in [0.3, 0.4) is 0 Å². The van der Waals surface area contributed by atoms with E-state index in [2.05, 4.69) is 27.3 Å². The number of carbonyl (C=O) groups is 1. The van der Waals surface area contributed by atoms with Gasteiger partial charge in [-0.05, 0) is 62.9 Å². The first-order valence-electron chi connectivity index (χ1n) is 9.81. The number of carbonyl (C=O) groups excluding carboxylic acids is 1. The molecule has 1 saturated carbocycles. The average molecular weight is 343 g/mol. The van der Waals surface area contributed by atoms with Gasteiger partial charge in [0, 0.05) is 18.3 Å². The Morgan fingerprint density at radius 2 is 1.88 bits per heavy atom. The van der Waals surface area contributed by atoms with Crippen LogP contribution < -0.4 is 5.32 Å². The Kier molecular flexibility index (Phi) is 5.04. The molecular formula is C20H29N3O2. The first-order chi connectivity index (χ1) is 12.3. The van der Waals surface area contributed by atoms with E-state index in [0.717, 1.165) is 39.0 Å². The van der Waals surface area contributed by atoms with Crippen LogP contribution >= 0.6 is 0 Å². The zero-order valence-electron chi connectivity index (χ0n) is 15.0. The van der Waals surface area contributed by atoms with Crippen molar-refractivity contribution in [1.82, 2.24) is 15.2 Å². The third-order valence-corrected chi connectivity index (χ3v) is 6.33. The van der Waals surface area contributed by atoms with Gasteiger partial charge in [-0.15, -0.1) is 0 Å². The van der Waals surface area contributed by atoms with E-state index < -0.39 is 0 Å². The molecule has 136 valence electrons. The van der Waals surface area contributed by atoms with Gasteiger partial charge < -0.3 is 10.1 Å². The van der Waals surface area contributed by atoms with E-state index in [1.165, 1.54) is 31.2 Å². The molecule has 1 aliphatic carbocycles. The number of pyridine rings is 1. The minimum absolute atomic E-state index is 0.126. The number of hydrogen-bond acceptors (Lipinski definition) is 4. The molecule has 0 spiro atoms. The van der Waals surface area contributed by atoms with Crippen LogP contribution in [0.25, 0.3) is 0 Å². The van der Waals surface area contributed by atoms with Crippen LogP contribution in [0.15, 0.2) is 24.5 Å². The van der Waals surface area contributed by atoms with E-state index in [1.807, 2.05) is 12.4 Å². The zero-order valence-corrected chi connectivity index (χ0v) is 15.0. The molecule has 25 heavy (non-hydrogen) atoms. The van der Waals surface area contributed by atoms with Crippen molar-refractivity contribution < 1.29 is 9.53 Å². The smallest absolute Gasteiger partial charge is 0.240 e. The minimum Gasteiger partial charge on any atom is -0.379 e. The van der Waals surface area contributed by atoms with E-state index in [9.17, 15) is 4.79 Å². The molecule has 2 aliphatic heterocycles. The largest absolute Gasteiger partial charge is 0.379 e. The molecule has 3 fully saturated rings. The molecule has 0 radical (unpaired) electrons. The summed E-state index contributed by atoms with van der Waals surface area (Å²) < 4.78 is 5.72. The Labute approximate surface area is 150 Å². The number of amides is 1. The summed E-state index contributed by atoms with van der Waals surface area (Å²) in [6, 6.07) is 4.24. The number of likely N-dealkylation sites (tertiary alicyclic amines) is 1. The summed E-state index contributed by atoms with van der Waals surface area (Å²) in [6.07, 6.45) is 11.4. The molecule has 2 atom stereocenters. The number of nitrogens with one attached hydrogen (secondary N) is 1. The highest BCUT2D eigenvalue weighted by atomic mass is 16.5. The maximum Gasteiger partial charge on any atom is 0.240 e. The summed E-state index contributed by atoms with van der Waals surface area (Å²) in [4.78, 5) is 19.8. The summed E-state index contributed by atoms with van der Waals surface area (Å²) in [6.45, 7) is 3.52. The van der Waals surface area contributed by atoms with Gasteiger partial charge in [0.1, 0.15) is 5.54 Å². The standard InChI is InChI=1S/C20H29N3O2/c24-19(20(7-1-2-8-20)23-11-3-4-12-23)22-18-15-25-14-17(18)13-16-5-9-21-10-6-16/h5-6,9-10,17-18H,1-4,7-8,11-15H2,(H,22,24)/t17-,18-/m1/s1. The summed E-state index contributed by atoms with van der Waals surface area (Å²) >= 11 is 0. The van der Waals surface area contributed by atoms with Gasteiger partial charge in [-0.3, -0.25) is 14.7 Å². The predicted octanol–water partition coefficient (Wildman–Crippen LogP) is 2.16. The van der Waals surface area contributed by atoms with Crippen molar-refractivity contribution in [3.63, 3.8) is 0 Å². The van der Waals surface area contributed by atoms with Gasteiger partial charge in [0.05, 0.1) is 19.3 Å². The fraction of sp³-hybridized carbons (Fsp3) is 0.700. The zero-order chi connectivity index (χ0) is 17.1. The Hall–Kier alpha value is -1.46. The van der Waals surface area contributed by atoms with Crippen LogP contribution in [0.1, 0.15) is 44.1 Å². The van der Waals surface area contributed by atoms with Gasteiger partial charge in [0.2, 0.25) is 5.91 Å². The second-order valence-electron chi connectivity index (χ2n) is 7.87. The second kappa shape index (κ2) is 7.42. The Balaban J connectivity index is 1.43. The minimum atomic E-state index is -0.250. The highest BCUT2D eigenvalue weighted by molar-refractivity contribution is 5.87. The average Bonchev–Trinajstić information content (AvgIpc) is 3.38. The summed E-state index contributed by atoms with van der Waals surface area (Å²) in [5.41, 5.74) is 1.01. The Morgan fingerprint density at radius 3 is 2.60 bits per heavy atom. The van der Waals surface area contributed by atoms with E-state index >= 15 is 0 Å². The molecule has 5 nitrogen and oxygen atoms in total. The van der Waals surface area contributed by atoms with Crippen LogP contribution in [0.4, 0.5) is 0 Å². The van der Waals surface area contributed by atoms with Crippen molar-refractivity contribution in [2.24, 2.45) is 5.92 Å². The van der Waals surface area contributed by atoms with Gasteiger partial charge in [-0.2, -0.15) is 0 Å². The number of ether oxygens (including phenoxy) is 1. The molecule has 1 aromatic rings. The third kappa shape index (κ3) is 3.44. The predicted molar refractivity (Wildman–Crippen MR) is 96.2 cm³/mol. The molecule has 2 saturated heterocycles. The van der Waals surface area contributed by atoms with Gasteiger partial charge in [0.15, 0.2) is 0 Å². The lowest BCUT2D eigenvalue weighted by molar-refractivity contribution is -0.133. The second-order valence-corrected chi connectivity index (χ2v) is 7.87. The lowest BCUT2D eigenvalue weighted by atomic mass is 9.91. The molecule has 1 N–H and O–H groups in total. The molecule has 3 heterocycles. The van der Waals surface area contributed by atoms with Gasteiger partial charge >= 0.3 is 0 Å². The number of rotatable bonds is 5. The van der Waals surface area contributed by atoms with E-state index in [-0.39, 0.29) is 17.5 Å². The highest BCUT2D eigenvalue weighted by Gasteiger charge is 2.48. The van der Waals surface area contributed by atoms with Crippen molar-refractivity contribution in [2.45, 2.75) is 56.5 Å². The fourth-order valence-corrected chi connectivity index (χ4v) is 4.88. The molecular weight excluding hydrogens is 314 g/mol. The van der Waals surface area contributed by atoms with Crippen molar-refractivity contribution in [2.75, 3.05) is 26.3 Å². The van der Waals surface area contributed by atoms with Crippen LogP contribution in [-0.4, -0.2) is 53.7 Å². The van der Waals surface area contributed by atoms with Crippen LogP contribution in [0.5, 0.6) is 0 Å². The van der Waals surface area contributed by atoms with Crippen LogP contribution in [0, 0.1) is 5.92 Å². The lowest BCUT2D eigenvalue weighted by Crippen LogP contribution is -2.59. The highest BCUT2D eigenvalue weighted by Crippen LogP contribution is 2.38. The SMILES string of the molecule is O=C(N[C@@H]1COC[C@H]1Cc1ccncc1)C1(N2CCCC2)CCCC1. The summed E-state index contributed by atoms with van der Waals surface area (Å²) in [5.74, 6) is 0.602. The van der Waals surface area contributed by atoms with Crippen LogP contribution in [0.2, 0.25) is 0 Å². The number of aromatic nitrogens is 1. The molecule has 0 bridgehead atoms. The lowest BCUT2D eigenvalue weighted by Gasteiger charge is -2.38. The summed E-state index contributed by atoms with van der Waals surface area (Å²) in [7, 11) is 0. The first kappa shape index (κ1) is 17.0. The molecule has 3 aliphatic rings. The maximum atomic E-state index is 13.3. The van der Waals surface area contributed by atoms with Crippen molar-refractivity contribution in [1.29, 1.82) is 0 Å². The molecule has 0 unspecified atom stereocenters. The first-order valence-corrected chi connectivity index (χ1v) is 9.81. The fourth-order valence-electron chi connectivity index (χ4n) is 4.88.